The molecular weight excluding hydrogens is 1280 g/mol. The number of aliphatic hydroxyl groups is 1. The third-order valence-electron chi connectivity index (χ3n) is 15.3. The van der Waals surface area contributed by atoms with E-state index in [9.17, 15) is 43.2 Å². The van der Waals surface area contributed by atoms with Crippen molar-refractivity contribution < 1.29 is 80.2 Å². The fourth-order valence-electron chi connectivity index (χ4n) is 9.62. The van der Waals surface area contributed by atoms with Gasteiger partial charge in [-0.25, -0.2) is 9.13 Å². The molecule has 0 aromatic heterocycles. The summed E-state index contributed by atoms with van der Waals surface area (Å²) in [6.45, 7) is 4.51. The standard InChI is InChI=1S/C79H134O17P2/c1-5-9-13-17-21-25-29-33-35-36-38-41-44-48-52-56-60-64-77(82)90-70-75(96-79(84)66-62-58-54-50-46-42-37-34-30-26-22-18-14-10-6-2)72-94-98(87,88)92-68-73(80)67-91-97(85,86)93-71-74(95-78(83)65-61-57-53-49-45-40-32-28-24-20-16-12-8-4)69-89-76(81)63-59-55-51-47-43-39-31-27-23-19-15-11-7-3/h9,13,15-16,19-21,25,27-28,31-35,37-38,41,48,52,73-75,80H,5-8,10-12,14,17-18,22-24,26,29-30,36,39-40,42-47,49-51,53-72H2,1-4H3,(H,85,86)(H,87,88)/b13-9-,19-15-,20-16-,25-21-,31-27-,32-28-,35-33-,37-34-,41-38-,52-48-. The Hall–Kier alpha value is -4.54. The van der Waals surface area contributed by atoms with Gasteiger partial charge in [0, 0.05) is 25.7 Å². The van der Waals surface area contributed by atoms with Crippen molar-refractivity contribution in [2.24, 2.45) is 0 Å². The Morgan fingerprint density at radius 3 is 0.908 bits per heavy atom. The van der Waals surface area contributed by atoms with Gasteiger partial charge in [0.1, 0.15) is 19.3 Å². The van der Waals surface area contributed by atoms with E-state index in [0.717, 1.165) is 173 Å². The van der Waals surface area contributed by atoms with Crippen LogP contribution in [-0.4, -0.2) is 96.7 Å². The second-order valence-electron chi connectivity index (χ2n) is 24.8. The van der Waals surface area contributed by atoms with Crippen LogP contribution in [0, 0.1) is 0 Å². The second-order valence-corrected chi connectivity index (χ2v) is 27.8. The summed E-state index contributed by atoms with van der Waals surface area (Å²) in [7, 11) is -9.97. The normalized spacial score (nSPS) is 14.6. The van der Waals surface area contributed by atoms with Gasteiger partial charge >= 0.3 is 39.5 Å². The van der Waals surface area contributed by atoms with Crippen molar-refractivity contribution >= 4 is 39.5 Å². The van der Waals surface area contributed by atoms with Gasteiger partial charge in [-0.3, -0.25) is 37.3 Å². The number of phosphoric ester groups is 2. The van der Waals surface area contributed by atoms with E-state index in [1.54, 1.807) is 0 Å². The summed E-state index contributed by atoms with van der Waals surface area (Å²) >= 11 is 0. The lowest BCUT2D eigenvalue weighted by Crippen LogP contribution is -2.30. The maximum absolute atomic E-state index is 13.1. The van der Waals surface area contributed by atoms with Gasteiger partial charge in [-0.2, -0.15) is 0 Å². The Morgan fingerprint density at radius 1 is 0.296 bits per heavy atom. The number of unbranched alkanes of at least 4 members (excludes halogenated alkanes) is 24. The molecule has 0 aliphatic heterocycles. The molecule has 0 saturated carbocycles. The zero-order valence-electron chi connectivity index (χ0n) is 61.2. The number of ether oxygens (including phenoxy) is 4. The Balaban J connectivity index is 5.42. The molecular formula is C79H134O17P2. The first-order valence-electron chi connectivity index (χ1n) is 37.8. The van der Waals surface area contributed by atoms with Crippen molar-refractivity contribution in [3.8, 4) is 0 Å². The largest absolute Gasteiger partial charge is 0.472 e. The minimum Gasteiger partial charge on any atom is -0.462 e. The Bertz CT molecular complexity index is 2340. The summed E-state index contributed by atoms with van der Waals surface area (Å²) in [6.07, 6.45) is 76.3. The fraction of sp³-hybridized carbons (Fsp3) is 0.696. The Morgan fingerprint density at radius 2 is 0.561 bits per heavy atom. The van der Waals surface area contributed by atoms with Gasteiger partial charge in [0.25, 0.3) is 0 Å². The highest BCUT2D eigenvalue weighted by Gasteiger charge is 2.30. The maximum Gasteiger partial charge on any atom is 0.472 e. The summed E-state index contributed by atoms with van der Waals surface area (Å²) in [6, 6.07) is 0. The second kappa shape index (κ2) is 70.9. The lowest BCUT2D eigenvalue weighted by Gasteiger charge is -2.21. The SMILES string of the molecule is CC/C=C\C/C=C\C/C=C\C/C=C\C/C=C\CCCC(=O)OCC(COP(=O)(O)OCC(O)COP(=O)(O)OCC(COC(=O)CCCCCCC/C=C\C/C=C\CCC)OC(=O)CCCCCCC/C=C\C/C=C\CCC)OC(=O)CCCCCCC/C=C\CCCCCCCC. The molecule has 3 N–H and O–H groups in total. The average molecular weight is 1420 g/mol. The topological polar surface area (TPSA) is 237 Å². The molecule has 98 heavy (non-hydrogen) atoms. The molecule has 562 valence electrons. The molecule has 0 saturated heterocycles. The first kappa shape index (κ1) is 93.5. The van der Waals surface area contributed by atoms with Gasteiger partial charge in [-0.15, -0.1) is 0 Å². The molecule has 0 spiro atoms. The number of phosphoric acid groups is 2. The van der Waals surface area contributed by atoms with Crippen LogP contribution in [-0.2, 0) is 65.4 Å². The molecule has 0 rings (SSSR count). The lowest BCUT2D eigenvalue weighted by atomic mass is 10.1. The summed E-state index contributed by atoms with van der Waals surface area (Å²) in [5.41, 5.74) is 0. The van der Waals surface area contributed by atoms with Crippen molar-refractivity contribution in [1.82, 2.24) is 0 Å². The molecule has 0 bridgehead atoms. The molecule has 19 heteroatoms. The molecule has 17 nitrogen and oxygen atoms in total. The predicted octanol–water partition coefficient (Wildman–Crippen LogP) is 21.6. The van der Waals surface area contributed by atoms with Gasteiger partial charge in [0.05, 0.1) is 26.4 Å². The zero-order chi connectivity index (χ0) is 71.8. The van der Waals surface area contributed by atoms with Crippen LogP contribution in [0.4, 0.5) is 0 Å². The van der Waals surface area contributed by atoms with E-state index in [0.29, 0.717) is 32.1 Å². The summed E-state index contributed by atoms with van der Waals surface area (Å²) in [5.74, 6) is -2.28. The van der Waals surface area contributed by atoms with Gasteiger partial charge in [0.15, 0.2) is 12.2 Å². The maximum atomic E-state index is 13.1. The Labute approximate surface area is 593 Å². The summed E-state index contributed by atoms with van der Waals surface area (Å²) < 4.78 is 68.3. The molecule has 0 aliphatic carbocycles. The zero-order valence-corrected chi connectivity index (χ0v) is 63.0. The molecule has 5 atom stereocenters. The van der Waals surface area contributed by atoms with E-state index in [1.165, 1.54) is 38.5 Å². The quantitative estimate of drug-likeness (QED) is 0.0169. The minimum atomic E-state index is -4.99. The average Bonchev–Trinajstić information content (AvgIpc) is 1.05. The number of esters is 4. The summed E-state index contributed by atoms with van der Waals surface area (Å²) in [5, 5.41) is 10.6. The van der Waals surface area contributed by atoms with Crippen molar-refractivity contribution in [2.75, 3.05) is 39.6 Å². The van der Waals surface area contributed by atoms with Crippen LogP contribution in [0.25, 0.3) is 0 Å². The highest BCUT2D eigenvalue weighted by atomic mass is 31.2. The molecule has 0 aromatic rings. The third-order valence-corrected chi connectivity index (χ3v) is 17.2. The van der Waals surface area contributed by atoms with Gasteiger partial charge in [-0.1, -0.05) is 252 Å². The number of hydrogen-bond donors (Lipinski definition) is 3. The first-order valence-corrected chi connectivity index (χ1v) is 40.8. The summed E-state index contributed by atoms with van der Waals surface area (Å²) in [4.78, 5) is 72.8. The van der Waals surface area contributed by atoms with E-state index in [-0.39, 0.29) is 25.7 Å². The smallest absolute Gasteiger partial charge is 0.462 e. The number of rotatable bonds is 70. The van der Waals surface area contributed by atoms with Crippen molar-refractivity contribution in [2.45, 2.75) is 316 Å². The van der Waals surface area contributed by atoms with Crippen LogP contribution < -0.4 is 0 Å². The number of hydrogen-bond acceptors (Lipinski definition) is 15. The Kier molecular flexibility index (Phi) is 67.6. The molecule has 0 fully saturated rings. The predicted molar refractivity (Wildman–Crippen MR) is 399 cm³/mol. The third kappa shape index (κ3) is 69.9. The van der Waals surface area contributed by atoms with E-state index in [1.807, 2.05) is 12.2 Å². The fourth-order valence-corrected chi connectivity index (χ4v) is 11.2. The highest BCUT2D eigenvalue weighted by Crippen LogP contribution is 2.45. The lowest BCUT2D eigenvalue weighted by molar-refractivity contribution is -0.161. The number of carbonyl (C=O) groups is 4. The van der Waals surface area contributed by atoms with Crippen molar-refractivity contribution in [3.05, 3.63) is 122 Å². The van der Waals surface area contributed by atoms with Gasteiger partial charge in [-0.05, 0) is 141 Å². The van der Waals surface area contributed by atoms with Crippen LogP contribution in [0.15, 0.2) is 122 Å². The molecule has 5 unspecified atom stereocenters. The van der Waals surface area contributed by atoms with E-state index >= 15 is 0 Å². The van der Waals surface area contributed by atoms with Crippen molar-refractivity contribution in [1.29, 1.82) is 0 Å². The van der Waals surface area contributed by atoms with Crippen LogP contribution >= 0.6 is 15.6 Å². The van der Waals surface area contributed by atoms with E-state index in [2.05, 4.69) is 137 Å². The highest BCUT2D eigenvalue weighted by molar-refractivity contribution is 7.47. The first-order chi connectivity index (χ1) is 47.7. The van der Waals surface area contributed by atoms with Crippen molar-refractivity contribution in [3.63, 3.8) is 0 Å². The molecule has 0 heterocycles. The van der Waals surface area contributed by atoms with Crippen LogP contribution in [0.5, 0.6) is 0 Å². The van der Waals surface area contributed by atoms with Crippen LogP contribution in [0.1, 0.15) is 297 Å². The minimum absolute atomic E-state index is 0.0705. The molecule has 0 radical (unpaired) electrons. The van der Waals surface area contributed by atoms with E-state index < -0.39 is 97.5 Å². The number of carbonyl (C=O) groups excluding carboxylic acids is 4. The molecule has 0 amide bonds. The van der Waals surface area contributed by atoms with E-state index in [4.69, 9.17) is 37.0 Å². The van der Waals surface area contributed by atoms with Crippen LogP contribution in [0.2, 0.25) is 0 Å². The molecule has 0 aliphatic rings. The van der Waals surface area contributed by atoms with Gasteiger partial charge in [0.2, 0.25) is 0 Å². The number of allylic oxidation sites excluding steroid dienone is 20. The van der Waals surface area contributed by atoms with Gasteiger partial charge < -0.3 is 33.8 Å². The monoisotopic (exact) mass is 1420 g/mol. The van der Waals surface area contributed by atoms with Crippen LogP contribution in [0.3, 0.4) is 0 Å². The molecule has 0 aromatic carbocycles. The number of aliphatic hydroxyl groups excluding tert-OH is 1.